The lowest BCUT2D eigenvalue weighted by Gasteiger charge is -2.20. The van der Waals surface area contributed by atoms with Crippen molar-refractivity contribution in [2.24, 2.45) is 0 Å². The third-order valence-corrected chi connectivity index (χ3v) is 4.89. The molecule has 0 saturated carbocycles. The highest BCUT2D eigenvalue weighted by Crippen LogP contribution is 2.41. The van der Waals surface area contributed by atoms with Gasteiger partial charge < -0.3 is 0 Å². The van der Waals surface area contributed by atoms with Gasteiger partial charge in [0.1, 0.15) is 5.82 Å². The fraction of sp³-hybridized carbons (Fsp3) is 0.214. The van der Waals surface area contributed by atoms with Crippen LogP contribution < -0.4 is 0 Å². The normalized spacial score (nSPS) is 14.2. The lowest BCUT2D eigenvalue weighted by atomic mass is 9.94. The molecule has 1 heterocycles. The van der Waals surface area contributed by atoms with E-state index in [9.17, 15) is 4.39 Å². The maximum Gasteiger partial charge on any atom is 0.128 e. The smallest absolute Gasteiger partial charge is 0.128 e. The van der Waals surface area contributed by atoms with Crippen molar-refractivity contribution >= 4 is 31.9 Å². The zero-order valence-corrected chi connectivity index (χ0v) is 12.9. The molecule has 1 nitrogen and oxygen atoms in total. The predicted molar refractivity (Wildman–Crippen MR) is 78.4 cm³/mol. The fourth-order valence-electron chi connectivity index (χ4n) is 1.86. The van der Waals surface area contributed by atoms with Crippen LogP contribution in [-0.2, 0) is 0 Å². The Labute approximate surface area is 123 Å². The summed E-state index contributed by atoms with van der Waals surface area (Å²) in [7, 11) is 0. The molecule has 4 heteroatoms. The van der Waals surface area contributed by atoms with Crippen molar-refractivity contribution in [2.75, 3.05) is 0 Å². The summed E-state index contributed by atoms with van der Waals surface area (Å²) in [5.41, 5.74) is 1.78. The first-order valence-electron chi connectivity index (χ1n) is 5.59. The highest BCUT2D eigenvalue weighted by molar-refractivity contribution is 9.11. The van der Waals surface area contributed by atoms with E-state index in [0.717, 1.165) is 10.0 Å². The summed E-state index contributed by atoms with van der Waals surface area (Å²) in [5, 5.41) is 0. The molecule has 0 radical (unpaired) electrons. The van der Waals surface area contributed by atoms with Gasteiger partial charge in [-0.1, -0.05) is 44.8 Å². The number of rotatable bonds is 3. The van der Waals surface area contributed by atoms with E-state index >= 15 is 0 Å². The Morgan fingerprint density at radius 2 is 1.83 bits per heavy atom. The van der Waals surface area contributed by atoms with E-state index in [-0.39, 0.29) is 16.6 Å². The van der Waals surface area contributed by atoms with E-state index in [1.807, 2.05) is 18.2 Å². The van der Waals surface area contributed by atoms with Crippen LogP contribution in [0.5, 0.6) is 0 Å². The molecular weight excluding hydrogens is 361 g/mol. The first-order chi connectivity index (χ1) is 8.61. The summed E-state index contributed by atoms with van der Waals surface area (Å²) >= 11 is 7.01. The van der Waals surface area contributed by atoms with Crippen LogP contribution >= 0.6 is 31.9 Å². The molecule has 94 valence electrons. The second kappa shape index (κ2) is 5.93. The van der Waals surface area contributed by atoms with Gasteiger partial charge in [-0.15, -0.1) is 0 Å². The summed E-state index contributed by atoms with van der Waals surface area (Å²) in [6, 6.07) is 8.93. The Morgan fingerprint density at radius 1 is 1.17 bits per heavy atom. The summed E-state index contributed by atoms with van der Waals surface area (Å²) in [6.45, 7) is 2.06. The van der Waals surface area contributed by atoms with Gasteiger partial charge in [0.05, 0.1) is 4.83 Å². The molecular formula is C14H12Br2FN. The first-order valence-corrected chi connectivity index (χ1v) is 7.30. The van der Waals surface area contributed by atoms with Crippen LogP contribution in [0.2, 0.25) is 0 Å². The topological polar surface area (TPSA) is 12.9 Å². The number of alkyl halides is 1. The quantitative estimate of drug-likeness (QED) is 0.673. The van der Waals surface area contributed by atoms with Gasteiger partial charge in [0, 0.05) is 22.4 Å². The van der Waals surface area contributed by atoms with Crippen LogP contribution in [0.15, 0.2) is 47.2 Å². The van der Waals surface area contributed by atoms with E-state index in [0.29, 0.717) is 5.56 Å². The molecule has 0 amide bonds. The van der Waals surface area contributed by atoms with Gasteiger partial charge in [-0.05, 0) is 35.7 Å². The van der Waals surface area contributed by atoms with Gasteiger partial charge in [-0.3, -0.25) is 4.98 Å². The maximum absolute atomic E-state index is 13.9. The fourth-order valence-corrected chi connectivity index (χ4v) is 3.53. The van der Waals surface area contributed by atoms with Crippen LogP contribution in [0.3, 0.4) is 0 Å². The molecule has 0 fully saturated rings. The van der Waals surface area contributed by atoms with Crippen LogP contribution in [0.1, 0.15) is 28.8 Å². The lowest BCUT2D eigenvalue weighted by molar-refractivity contribution is 0.594. The third kappa shape index (κ3) is 2.81. The Bertz CT molecular complexity index is 510. The van der Waals surface area contributed by atoms with Crippen LogP contribution in [0, 0.1) is 5.82 Å². The average molecular weight is 373 g/mol. The average Bonchev–Trinajstić information content (AvgIpc) is 2.38. The lowest BCUT2D eigenvalue weighted by Crippen LogP contribution is -2.05. The van der Waals surface area contributed by atoms with Crippen LogP contribution in [0.25, 0.3) is 0 Å². The second-order valence-corrected chi connectivity index (χ2v) is 5.95. The molecule has 2 unspecified atom stereocenters. The van der Waals surface area contributed by atoms with Crippen molar-refractivity contribution in [1.82, 2.24) is 4.98 Å². The molecule has 0 spiro atoms. The van der Waals surface area contributed by atoms with Crippen molar-refractivity contribution < 1.29 is 4.39 Å². The van der Waals surface area contributed by atoms with Crippen molar-refractivity contribution in [3.63, 3.8) is 0 Å². The molecule has 0 aliphatic carbocycles. The van der Waals surface area contributed by atoms with Gasteiger partial charge >= 0.3 is 0 Å². The molecule has 2 aromatic rings. The number of benzene rings is 1. The van der Waals surface area contributed by atoms with E-state index < -0.39 is 0 Å². The Balaban J connectivity index is 2.34. The largest absolute Gasteiger partial charge is 0.265 e. The molecule has 0 aliphatic rings. The second-order valence-electron chi connectivity index (χ2n) is 4.11. The van der Waals surface area contributed by atoms with E-state index in [2.05, 4.69) is 43.8 Å². The molecule has 0 N–H and O–H groups in total. The summed E-state index contributed by atoms with van der Waals surface area (Å²) < 4.78 is 14.7. The molecule has 0 bridgehead atoms. The standard InChI is InChI=1S/C14H12Br2FN/c1-9(10-5-7-18-8-6-10)14(16)13-11(15)3-2-4-12(13)17/h2-9,14H,1H3. The Morgan fingerprint density at radius 3 is 2.44 bits per heavy atom. The summed E-state index contributed by atoms with van der Waals surface area (Å²) in [6.07, 6.45) is 3.50. The van der Waals surface area contributed by atoms with Crippen LogP contribution in [-0.4, -0.2) is 4.98 Å². The van der Waals surface area contributed by atoms with Gasteiger partial charge in [0.25, 0.3) is 0 Å². The molecule has 1 aromatic carbocycles. The Hall–Kier alpha value is -0.740. The van der Waals surface area contributed by atoms with Gasteiger partial charge in [-0.2, -0.15) is 0 Å². The number of pyridine rings is 1. The maximum atomic E-state index is 13.9. The number of hydrogen-bond acceptors (Lipinski definition) is 1. The predicted octanol–water partition coefficient (Wildman–Crippen LogP) is 5.22. The number of aromatic nitrogens is 1. The number of halogens is 3. The van der Waals surface area contributed by atoms with E-state index in [1.54, 1.807) is 18.5 Å². The summed E-state index contributed by atoms with van der Waals surface area (Å²) in [5.74, 6) is -0.0478. The number of hydrogen-bond donors (Lipinski definition) is 0. The minimum absolute atomic E-state index is 0.0875. The molecule has 2 rings (SSSR count). The minimum Gasteiger partial charge on any atom is -0.265 e. The minimum atomic E-state index is -0.202. The Kier molecular flexibility index (Phi) is 4.51. The van der Waals surface area contributed by atoms with Gasteiger partial charge in [0.2, 0.25) is 0 Å². The van der Waals surface area contributed by atoms with E-state index in [1.165, 1.54) is 6.07 Å². The molecule has 2 atom stereocenters. The SMILES string of the molecule is CC(c1ccncc1)C(Br)c1c(F)cccc1Br. The third-order valence-electron chi connectivity index (χ3n) is 2.95. The monoisotopic (exact) mass is 371 g/mol. The molecule has 18 heavy (non-hydrogen) atoms. The zero-order chi connectivity index (χ0) is 13.1. The van der Waals surface area contributed by atoms with Crippen molar-refractivity contribution in [3.8, 4) is 0 Å². The highest BCUT2D eigenvalue weighted by Gasteiger charge is 2.23. The number of nitrogens with zero attached hydrogens (tertiary/aromatic N) is 1. The highest BCUT2D eigenvalue weighted by atomic mass is 79.9. The van der Waals surface area contributed by atoms with Crippen molar-refractivity contribution in [1.29, 1.82) is 0 Å². The van der Waals surface area contributed by atoms with Crippen molar-refractivity contribution in [3.05, 3.63) is 64.1 Å². The molecule has 1 aromatic heterocycles. The van der Waals surface area contributed by atoms with E-state index in [4.69, 9.17) is 0 Å². The first kappa shape index (κ1) is 13.7. The zero-order valence-electron chi connectivity index (χ0n) is 9.78. The van der Waals surface area contributed by atoms with Gasteiger partial charge in [-0.25, -0.2) is 4.39 Å². The van der Waals surface area contributed by atoms with Crippen molar-refractivity contribution in [2.45, 2.75) is 17.7 Å². The molecule has 0 saturated heterocycles. The van der Waals surface area contributed by atoms with Gasteiger partial charge in [0.15, 0.2) is 0 Å². The molecule has 0 aliphatic heterocycles. The summed E-state index contributed by atoms with van der Waals surface area (Å²) in [4.78, 5) is 3.91. The van der Waals surface area contributed by atoms with Crippen LogP contribution in [0.4, 0.5) is 4.39 Å².